The Balaban J connectivity index is 0.764. The molecule has 8 rings (SSSR count). The van der Waals surface area contributed by atoms with Gasteiger partial charge in [0.05, 0.1) is 35.9 Å². The number of nitriles is 1. The molecular formula is C57H70F2N12O7S. The number of nitrogens with one attached hydrogen (secondary N) is 3. The maximum Gasteiger partial charge on any atom is 0.254 e. The zero-order valence-electron chi connectivity index (χ0n) is 45.3. The summed E-state index contributed by atoms with van der Waals surface area (Å²) in [5, 5.41) is 24.5. The van der Waals surface area contributed by atoms with Crippen LogP contribution < -0.4 is 26.4 Å². The van der Waals surface area contributed by atoms with Crippen LogP contribution in [0.25, 0.3) is 11.1 Å². The number of aliphatic imine (C=N–C) groups is 1. The van der Waals surface area contributed by atoms with Crippen molar-refractivity contribution in [3.8, 4) is 22.9 Å². The van der Waals surface area contributed by atoms with E-state index in [1.165, 1.54) is 65.3 Å². The van der Waals surface area contributed by atoms with Gasteiger partial charge < -0.3 is 41.1 Å². The molecule has 0 saturated carbocycles. The van der Waals surface area contributed by atoms with Gasteiger partial charge in [0.1, 0.15) is 35.9 Å². The third kappa shape index (κ3) is 14.0. The zero-order valence-corrected chi connectivity index (χ0v) is 46.1. The molecule has 4 aliphatic heterocycles. The minimum absolute atomic E-state index is 0.0350. The molecule has 1 unspecified atom stereocenters. The third-order valence-corrected chi connectivity index (χ3v) is 16.6. The average molecular weight is 1110 g/mol. The topological polar surface area (TPSA) is 250 Å². The lowest BCUT2D eigenvalue weighted by molar-refractivity contribution is -0.139. The summed E-state index contributed by atoms with van der Waals surface area (Å²) in [7, 11) is 3.30. The maximum absolute atomic E-state index is 14.5. The first-order chi connectivity index (χ1) is 38.0. The molecule has 2 fully saturated rings. The van der Waals surface area contributed by atoms with Crippen molar-refractivity contribution in [2.24, 2.45) is 10.9 Å². The molecule has 420 valence electrons. The molecule has 0 aliphatic carbocycles. The number of halogens is 2. The van der Waals surface area contributed by atoms with E-state index in [9.17, 15) is 42.8 Å². The van der Waals surface area contributed by atoms with Crippen molar-refractivity contribution in [1.82, 2.24) is 45.4 Å². The Bertz CT molecular complexity index is 2980. The standard InChI is InChI=1S/C57H70F2N12O7S/c1-34(62-3)54(75)66-51(57(77)70-24-11-12-45(70)55-65-44(33-79-55)52(74)37-15-17-39(58)18-16-37)36-21-25-69(26-22-36)49(73)14-10-8-6-5-7-9-13-48(72)63-23-27-71-46-32-68(4)56(76)41-20-19-40(59)29-42(41)35(2)78-47-28-38(31-64-53(47)61)50(46)43(30-60)67-71/h15-20,28-29,31,34-36,44-45,51,62H,5-14,21-27,32-33H2,1-4H3,(H2,61,64)(H,63,72)(H,66,75)/t34-,35+,44?,45-,51-/m0/s1. The number of ketones is 1. The summed E-state index contributed by atoms with van der Waals surface area (Å²) < 4.78 is 35.8. The highest BCUT2D eigenvalue weighted by Crippen LogP contribution is 2.37. The summed E-state index contributed by atoms with van der Waals surface area (Å²) in [5.74, 6) is -1.53. The van der Waals surface area contributed by atoms with Crippen molar-refractivity contribution in [1.29, 1.82) is 5.26 Å². The number of likely N-dealkylation sites (tertiary alicyclic amines) is 2. The van der Waals surface area contributed by atoms with Gasteiger partial charge in [0, 0.05) is 85.8 Å². The molecule has 5 N–H and O–H groups in total. The number of thioether (sulfide) groups is 1. The zero-order chi connectivity index (χ0) is 56.3. The summed E-state index contributed by atoms with van der Waals surface area (Å²) in [5.41, 5.74) is 8.72. The largest absolute Gasteiger partial charge is 0.482 e. The molecule has 2 bridgehead atoms. The van der Waals surface area contributed by atoms with Gasteiger partial charge in [-0.3, -0.25) is 38.4 Å². The Morgan fingerprint density at radius 2 is 1.66 bits per heavy atom. The van der Waals surface area contributed by atoms with Crippen molar-refractivity contribution in [2.45, 2.75) is 134 Å². The number of nitrogen functional groups attached to an aromatic ring is 1. The van der Waals surface area contributed by atoms with E-state index in [2.05, 4.69) is 32.1 Å². The van der Waals surface area contributed by atoms with Crippen LogP contribution in [0.1, 0.15) is 135 Å². The summed E-state index contributed by atoms with van der Waals surface area (Å²) in [6.07, 6.45) is 8.99. The van der Waals surface area contributed by atoms with Gasteiger partial charge in [-0.05, 0) is 114 Å². The van der Waals surface area contributed by atoms with Gasteiger partial charge in [-0.2, -0.15) is 10.4 Å². The smallest absolute Gasteiger partial charge is 0.254 e. The summed E-state index contributed by atoms with van der Waals surface area (Å²) in [4.78, 5) is 95.5. The lowest BCUT2D eigenvalue weighted by Gasteiger charge is -2.38. The summed E-state index contributed by atoms with van der Waals surface area (Å²) in [6.45, 7) is 5.33. The summed E-state index contributed by atoms with van der Waals surface area (Å²) in [6, 6.07) is 10.9. The average Bonchev–Trinajstić information content (AvgIpc) is 4.43. The van der Waals surface area contributed by atoms with E-state index in [0.29, 0.717) is 91.9 Å². The van der Waals surface area contributed by atoms with Crippen LogP contribution in [0.5, 0.6) is 5.75 Å². The Kier molecular flexibility index (Phi) is 19.5. The first kappa shape index (κ1) is 57.9. The van der Waals surface area contributed by atoms with E-state index in [1.807, 2.05) is 4.90 Å². The number of fused-ring (bicyclic) bond motifs is 5. The normalized spacial score (nSPS) is 19.2. The van der Waals surface area contributed by atoms with Crippen LogP contribution in [-0.2, 0) is 32.3 Å². The van der Waals surface area contributed by atoms with Gasteiger partial charge >= 0.3 is 0 Å². The molecule has 79 heavy (non-hydrogen) atoms. The lowest BCUT2D eigenvalue weighted by Crippen LogP contribution is -2.58. The van der Waals surface area contributed by atoms with E-state index in [-0.39, 0.29) is 83.8 Å². The number of piperidine rings is 1. The highest BCUT2D eigenvalue weighted by atomic mass is 32.2. The Labute approximate surface area is 463 Å². The fourth-order valence-electron chi connectivity index (χ4n) is 10.8. The number of nitrogens with two attached hydrogens (primary N) is 1. The first-order valence-electron chi connectivity index (χ1n) is 27.3. The van der Waals surface area contributed by atoms with Crippen LogP contribution >= 0.6 is 11.8 Å². The Morgan fingerprint density at radius 3 is 2.38 bits per heavy atom. The van der Waals surface area contributed by atoms with Gasteiger partial charge in [0.2, 0.25) is 23.6 Å². The van der Waals surface area contributed by atoms with Crippen molar-refractivity contribution in [3.05, 3.63) is 94.4 Å². The van der Waals surface area contributed by atoms with Crippen LogP contribution in [-0.4, -0.2) is 140 Å². The molecule has 2 saturated heterocycles. The second-order valence-corrected chi connectivity index (χ2v) is 21.8. The van der Waals surface area contributed by atoms with Crippen molar-refractivity contribution in [2.75, 3.05) is 51.8 Å². The fourth-order valence-corrected chi connectivity index (χ4v) is 12.0. The molecule has 4 aromatic rings. The number of amides is 5. The number of rotatable bonds is 20. The molecule has 6 heterocycles. The molecule has 19 nitrogen and oxygen atoms in total. The molecular weight excluding hydrogens is 1030 g/mol. The van der Waals surface area contributed by atoms with Crippen molar-refractivity contribution in [3.63, 3.8) is 0 Å². The molecule has 5 atom stereocenters. The fraction of sp³-hybridized carbons (Fsp3) is 0.509. The minimum Gasteiger partial charge on any atom is -0.482 e. The van der Waals surface area contributed by atoms with Crippen LogP contribution in [0.2, 0.25) is 0 Å². The number of ether oxygens (including phenoxy) is 1. The van der Waals surface area contributed by atoms with Gasteiger partial charge in [0.15, 0.2) is 23.0 Å². The lowest BCUT2D eigenvalue weighted by atomic mass is 9.87. The predicted octanol–water partition coefficient (Wildman–Crippen LogP) is 6.36. The van der Waals surface area contributed by atoms with Crippen molar-refractivity contribution < 1.29 is 42.3 Å². The van der Waals surface area contributed by atoms with E-state index in [4.69, 9.17) is 15.5 Å². The van der Waals surface area contributed by atoms with E-state index in [0.717, 1.165) is 43.6 Å². The van der Waals surface area contributed by atoms with Crippen molar-refractivity contribution >= 4 is 57.9 Å². The van der Waals surface area contributed by atoms with E-state index < -0.39 is 41.8 Å². The van der Waals surface area contributed by atoms with Gasteiger partial charge in [-0.15, -0.1) is 11.8 Å². The number of carbonyl (C=O) groups excluding carboxylic acids is 6. The molecule has 2 aromatic heterocycles. The van der Waals surface area contributed by atoms with Crippen LogP contribution in [0, 0.1) is 28.9 Å². The van der Waals surface area contributed by atoms with Crippen LogP contribution in [0.4, 0.5) is 14.6 Å². The number of pyridine rings is 1. The first-order valence-corrected chi connectivity index (χ1v) is 28.3. The highest BCUT2D eigenvalue weighted by molar-refractivity contribution is 8.14. The SMILES string of the molecule is CN[C@@H](C)C(=O)N[C@H](C(=O)N1CCC[C@H]1C1=NC(C(=O)c2ccc(F)cc2)CS1)C1CCN(C(=O)CCCCCCCCC(=O)NCCn2nc(C#N)c3c2CN(C)C(=O)c2ccc(F)cc2[C@@H](C)Oc2cc-3cnc2N)CC1. The second-order valence-electron chi connectivity index (χ2n) is 20.8. The summed E-state index contributed by atoms with van der Waals surface area (Å²) >= 11 is 1.47. The van der Waals surface area contributed by atoms with Crippen LogP contribution in [0.3, 0.4) is 0 Å². The number of benzene rings is 2. The Hall–Kier alpha value is -7.25. The molecule has 5 amide bonds. The number of anilines is 1. The van der Waals surface area contributed by atoms with Gasteiger partial charge in [-0.1, -0.05) is 25.7 Å². The maximum atomic E-state index is 14.5. The number of likely N-dealkylation sites (N-methyl/N-ethyl adjacent to an activating group) is 1. The molecule has 22 heteroatoms. The Morgan fingerprint density at radius 1 is 0.949 bits per heavy atom. The quantitative estimate of drug-likeness (QED) is 0.0556. The van der Waals surface area contributed by atoms with Gasteiger partial charge in [-0.25, -0.2) is 13.8 Å². The number of Topliss-reactive ketones (excluding diaryl/α,β-unsaturated/α-hetero) is 1. The molecule has 0 radical (unpaired) electrons. The number of aromatic nitrogens is 3. The van der Waals surface area contributed by atoms with Crippen LogP contribution in [0.15, 0.2) is 59.7 Å². The molecule has 0 spiro atoms. The molecule has 2 aromatic carbocycles. The third-order valence-electron chi connectivity index (χ3n) is 15.4. The van der Waals surface area contributed by atoms with Gasteiger partial charge in [0.25, 0.3) is 5.91 Å². The van der Waals surface area contributed by atoms with E-state index >= 15 is 0 Å². The second kappa shape index (κ2) is 26.6. The minimum atomic E-state index is -0.789. The molecule has 4 aliphatic rings. The highest BCUT2D eigenvalue weighted by Gasteiger charge is 2.43. The van der Waals surface area contributed by atoms with E-state index in [1.54, 1.807) is 43.6 Å². The monoisotopic (exact) mass is 1100 g/mol. The number of nitrogens with zero attached hydrogens (tertiary/aromatic N) is 8. The number of hydrogen-bond acceptors (Lipinski definition) is 14. The number of unbranched alkanes of at least 4 members (excludes halogenated alkanes) is 5. The predicted molar refractivity (Wildman–Crippen MR) is 295 cm³/mol. The number of carbonyl (C=O) groups is 6. The number of hydrogen-bond donors (Lipinski definition) is 4.